The van der Waals surface area contributed by atoms with Gasteiger partial charge in [0, 0.05) is 19.3 Å². The maximum atomic E-state index is 11.7. The van der Waals surface area contributed by atoms with Crippen molar-refractivity contribution < 1.29 is 4.79 Å². The van der Waals surface area contributed by atoms with Gasteiger partial charge in [0.05, 0.1) is 5.56 Å². The lowest BCUT2D eigenvalue weighted by atomic mass is 10.2. The number of hydrogen-bond donors (Lipinski definition) is 2. The molecule has 0 aliphatic heterocycles. The summed E-state index contributed by atoms with van der Waals surface area (Å²) in [5.74, 6) is 1.73. The first-order valence-electron chi connectivity index (χ1n) is 6.77. The van der Waals surface area contributed by atoms with Gasteiger partial charge in [-0.15, -0.1) is 0 Å². The Morgan fingerprint density at radius 2 is 2.22 bits per heavy atom. The molecule has 1 aliphatic carbocycles. The van der Waals surface area contributed by atoms with Crippen molar-refractivity contribution in [1.29, 1.82) is 0 Å². The zero-order valence-electron chi connectivity index (χ0n) is 10.9. The average Bonchev–Trinajstić information content (AvgIpc) is 3.21. The number of aromatic nitrogens is 1. The van der Waals surface area contributed by atoms with Crippen LogP contribution in [0.4, 0.5) is 5.82 Å². The third-order valence-electron chi connectivity index (χ3n) is 3.12. The van der Waals surface area contributed by atoms with Crippen molar-refractivity contribution in [2.75, 3.05) is 18.4 Å². The third kappa shape index (κ3) is 4.02. The van der Waals surface area contributed by atoms with E-state index in [0.717, 1.165) is 24.7 Å². The van der Waals surface area contributed by atoms with Crippen LogP contribution in [-0.2, 0) is 0 Å². The molecule has 0 aromatic carbocycles. The van der Waals surface area contributed by atoms with Gasteiger partial charge in [-0.1, -0.05) is 19.8 Å². The van der Waals surface area contributed by atoms with E-state index in [2.05, 4.69) is 15.6 Å². The first kappa shape index (κ1) is 12.9. The van der Waals surface area contributed by atoms with Gasteiger partial charge in [0.15, 0.2) is 0 Å². The molecule has 1 aliphatic rings. The van der Waals surface area contributed by atoms with Crippen LogP contribution in [0.25, 0.3) is 0 Å². The Balaban J connectivity index is 1.78. The second-order valence-electron chi connectivity index (χ2n) is 4.85. The molecule has 1 fully saturated rings. The molecule has 18 heavy (non-hydrogen) atoms. The SMILES string of the molecule is CCCNC(=O)c1ccc(NCCC2CC2)nc1. The van der Waals surface area contributed by atoms with E-state index in [-0.39, 0.29) is 5.91 Å². The summed E-state index contributed by atoms with van der Waals surface area (Å²) in [6, 6.07) is 3.69. The summed E-state index contributed by atoms with van der Waals surface area (Å²) in [6.45, 7) is 3.71. The van der Waals surface area contributed by atoms with Crippen molar-refractivity contribution in [2.45, 2.75) is 32.6 Å². The van der Waals surface area contributed by atoms with Gasteiger partial charge in [0.1, 0.15) is 5.82 Å². The summed E-state index contributed by atoms with van der Waals surface area (Å²) >= 11 is 0. The molecule has 1 heterocycles. The van der Waals surface area contributed by atoms with Crippen molar-refractivity contribution in [3.8, 4) is 0 Å². The highest BCUT2D eigenvalue weighted by Gasteiger charge is 2.20. The second kappa shape index (κ2) is 6.38. The standard InChI is InChI=1S/C14H21N3O/c1-2-8-16-14(18)12-5-6-13(17-10-12)15-9-7-11-3-4-11/h5-6,10-11H,2-4,7-9H2,1H3,(H,15,17)(H,16,18). The minimum absolute atomic E-state index is 0.0473. The molecular formula is C14H21N3O. The van der Waals surface area contributed by atoms with Crippen LogP contribution in [0.1, 0.15) is 43.0 Å². The van der Waals surface area contributed by atoms with E-state index in [1.165, 1.54) is 19.3 Å². The lowest BCUT2D eigenvalue weighted by Gasteiger charge is -2.06. The molecule has 1 amide bonds. The van der Waals surface area contributed by atoms with Crippen LogP contribution in [0.5, 0.6) is 0 Å². The molecule has 4 nitrogen and oxygen atoms in total. The Kier molecular flexibility index (Phi) is 4.56. The van der Waals surface area contributed by atoms with E-state index in [4.69, 9.17) is 0 Å². The minimum Gasteiger partial charge on any atom is -0.370 e. The molecule has 0 bridgehead atoms. The van der Waals surface area contributed by atoms with Crippen molar-refractivity contribution in [1.82, 2.24) is 10.3 Å². The number of hydrogen-bond acceptors (Lipinski definition) is 3. The predicted octanol–water partition coefficient (Wildman–Crippen LogP) is 2.43. The highest BCUT2D eigenvalue weighted by Crippen LogP contribution is 2.31. The van der Waals surface area contributed by atoms with E-state index >= 15 is 0 Å². The fourth-order valence-electron chi connectivity index (χ4n) is 1.78. The Morgan fingerprint density at radius 1 is 1.39 bits per heavy atom. The molecule has 1 saturated carbocycles. The number of anilines is 1. The van der Waals surface area contributed by atoms with Crippen LogP contribution in [0.3, 0.4) is 0 Å². The van der Waals surface area contributed by atoms with Gasteiger partial charge in [-0.25, -0.2) is 4.98 Å². The van der Waals surface area contributed by atoms with Gasteiger partial charge >= 0.3 is 0 Å². The highest BCUT2D eigenvalue weighted by molar-refractivity contribution is 5.93. The lowest BCUT2D eigenvalue weighted by Crippen LogP contribution is -2.24. The molecule has 0 saturated heterocycles. The first-order chi connectivity index (χ1) is 8.79. The average molecular weight is 247 g/mol. The zero-order valence-corrected chi connectivity index (χ0v) is 10.9. The summed E-state index contributed by atoms with van der Waals surface area (Å²) in [6.07, 6.45) is 6.56. The smallest absolute Gasteiger partial charge is 0.252 e. The summed E-state index contributed by atoms with van der Waals surface area (Å²) in [7, 11) is 0. The Hall–Kier alpha value is -1.58. The largest absolute Gasteiger partial charge is 0.370 e. The summed E-state index contributed by atoms with van der Waals surface area (Å²) in [5, 5.41) is 6.12. The molecule has 98 valence electrons. The van der Waals surface area contributed by atoms with Crippen LogP contribution in [-0.4, -0.2) is 24.0 Å². The molecule has 0 spiro atoms. The number of nitrogens with zero attached hydrogens (tertiary/aromatic N) is 1. The molecule has 2 N–H and O–H groups in total. The van der Waals surface area contributed by atoms with Gasteiger partial charge < -0.3 is 10.6 Å². The predicted molar refractivity (Wildman–Crippen MR) is 72.7 cm³/mol. The highest BCUT2D eigenvalue weighted by atomic mass is 16.1. The number of carbonyl (C=O) groups is 1. The first-order valence-corrected chi connectivity index (χ1v) is 6.77. The monoisotopic (exact) mass is 247 g/mol. The molecule has 0 radical (unpaired) electrons. The van der Waals surface area contributed by atoms with Gasteiger partial charge in [-0.3, -0.25) is 4.79 Å². The Bertz CT molecular complexity index is 385. The maximum absolute atomic E-state index is 11.7. The van der Waals surface area contributed by atoms with Gasteiger partial charge in [0.2, 0.25) is 0 Å². The van der Waals surface area contributed by atoms with Crippen molar-refractivity contribution in [3.63, 3.8) is 0 Å². The molecular weight excluding hydrogens is 226 g/mol. The van der Waals surface area contributed by atoms with Crippen LogP contribution < -0.4 is 10.6 Å². The quantitative estimate of drug-likeness (QED) is 0.778. The van der Waals surface area contributed by atoms with E-state index < -0.39 is 0 Å². The van der Waals surface area contributed by atoms with E-state index in [9.17, 15) is 4.79 Å². The van der Waals surface area contributed by atoms with E-state index in [0.29, 0.717) is 12.1 Å². The number of nitrogens with one attached hydrogen (secondary N) is 2. The van der Waals surface area contributed by atoms with Crippen LogP contribution in [0.2, 0.25) is 0 Å². The van der Waals surface area contributed by atoms with Crippen molar-refractivity contribution in [2.24, 2.45) is 5.92 Å². The normalized spacial score (nSPS) is 14.3. The molecule has 0 atom stereocenters. The molecule has 1 aromatic heterocycles. The Morgan fingerprint density at radius 3 is 2.83 bits per heavy atom. The van der Waals surface area contributed by atoms with E-state index in [1.54, 1.807) is 6.20 Å². The van der Waals surface area contributed by atoms with Gasteiger partial charge in [-0.2, -0.15) is 0 Å². The molecule has 2 rings (SSSR count). The second-order valence-corrected chi connectivity index (χ2v) is 4.85. The molecule has 0 unspecified atom stereocenters. The van der Waals surface area contributed by atoms with Crippen LogP contribution in [0.15, 0.2) is 18.3 Å². The van der Waals surface area contributed by atoms with Gasteiger partial charge in [0.25, 0.3) is 5.91 Å². The summed E-state index contributed by atoms with van der Waals surface area (Å²) in [5.41, 5.74) is 0.621. The molecule has 4 heteroatoms. The topological polar surface area (TPSA) is 54.0 Å². The fraction of sp³-hybridized carbons (Fsp3) is 0.571. The number of amides is 1. The van der Waals surface area contributed by atoms with Crippen molar-refractivity contribution >= 4 is 11.7 Å². The summed E-state index contributed by atoms with van der Waals surface area (Å²) in [4.78, 5) is 15.9. The minimum atomic E-state index is -0.0473. The number of pyridine rings is 1. The maximum Gasteiger partial charge on any atom is 0.252 e. The number of rotatable bonds is 7. The Labute approximate surface area is 108 Å². The lowest BCUT2D eigenvalue weighted by molar-refractivity contribution is 0.0953. The molecule has 1 aromatic rings. The van der Waals surface area contributed by atoms with E-state index in [1.807, 2.05) is 19.1 Å². The van der Waals surface area contributed by atoms with Gasteiger partial charge in [-0.05, 0) is 30.9 Å². The van der Waals surface area contributed by atoms with Crippen LogP contribution >= 0.6 is 0 Å². The van der Waals surface area contributed by atoms with Crippen LogP contribution in [0, 0.1) is 5.92 Å². The number of carbonyl (C=O) groups excluding carboxylic acids is 1. The third-order valence-corrected chi connectivity index (χ3v) is 3.12. The van der Waals surface area contributed by atoms with Crippen molar-refractivity contribution in [3.05, 3.63) is 23.9 Å². The summed E-state index contributed by atoms with van der Waals surface area (Å²) < 4.78 is 0. The zero-order chi connectivity index (χ0) is 12.8. The fourth-order valence-corrected chi connectivity index (χ4v) is 1.78.